The van der Waals surface area contributed by atoms with Gasteiger partial charge in [-0.15, -0.1) is 0 Å². The van der Waals surface area contributed by atoms with E-state index in [0.717, 1.165) is 6.42 Å². The molecule has 19 heavy (non-hydrogen) atoms. The van der Waals surface area contributed by atoms with E-state index >= 15 is 0 Å². The van der Waals surface area contributed by atoms with Crippen LogP contribution in [0.4, 0.5) is 0 Å². The van der Waals surface area contributed by atoms with Gasteiger partial charge in [0.2, 0.25) is 0 Å². The molecule has 0 amide bonds. The monoisotopic (exact) mass is 342 g/mol. The van der Waals surface area contributed by atoms with Gasteiger partial charge in [-0.25, -0.2) is 4.79 Å². The number of carboxylic acid groups (broad SMARTS) is 2. The minimum Gasteiger partial charge on any atom is -1.00 e. The van der Waals surface area contributed by atoms with Gasteiger partial charge in [0.1, 0.15) is 0 Å². The topological polar surface area (TPSA) is 74.6 Å². The molecule has 0 aliphatic heterocycles. The van der Waals surface area contributed by atoms with Crippen molar-refractivity contribution in [1.29, 1.82) is 0 Å². The Morgan fingerprint density at radius 1 is 1.42 bits per heavy atom. The molecule has 0 aromatic heterocycles. The zero-order chi connectivity index (χ0) is 13.5. The third-order valence-electron chi connectivity index (χ3n) is 2.44. The minimum atomic E-state index is -1.08. The summed E-state index contributed by atoms with van der Waals surface area (Å²) in [4.78, 5) is 21.3. The summed E-state index contributed by atoms with van der Waals surface area (Å²) in [5.41, 5.74) is -0.949. The third-order valence-corrected chi connectivity index (χ3v) is 2.44. The molecule has 1 aliphatic rings. The maximum Gasteiger partial charge on any atom is 2.00 e. The van der Waals surface area contributed by atoms with Crippen molar-refractivity contribution in [2.24, 2.45) is 5.41 Å². The molecule has 0 fully saturated rings. The molecule has 1 unspecified atom stereocenters. The first-order valence-corrected chi connectivity index (χ1v) is 5.51. The van der Waals surface area contributed by atoms with Crippen LogP contribution < -0.4 is 17.0 Å². The van der Waals surface area contributed by atoms with Crippen molar-refractivity contribution in [2.75, 3.05) is 0 Å². The van der Waals surface area contributed by atoms with Crippen molar-refractivity contribution in [3.05, 3.63) is 30.7 Å². The SMILES string of the molecule is CC1(C(=O)O)C=CC=C(C(=O)O)C1.[Br-].[CH2-]CCC.[Mg+2]. The van der Waals surface area contributed by atoms with E-state index in [0.29, 0.717) is 0 Å². The smallest absolute Gasteiger partial charge is 1.00 e. The van der Waals surface area contributed by atoms with E-state index in [1.807, 2.05) is 0 Å². The Balaban J connectivity index is -0.000000379. The first-order valence-electron chi connectivity index (χ1n) is 5.51. The molecule has 1 rings (SSSR count). The van der Waals surface area contributed by atoms with Crippen LogP contribution >= 0.6 is 0 Å². The van der Waals surface area contributed by atoms with Crippen molar-refractivity contribution < 1.29 is 36.8 Å². The van der Waals surface area contributed by atoms with E-state index in [4.69, 9.17) is 10.2 Å². The van der Waals surface area contributed by atoms with Gasteiger partial charge in [0.15, 0.2) is 0 Å². The van der Waals surface area contributed by atoms with Gasteiger partial charge in [0.05, 0.1) is 5.41 Å². The second kappa shape index (κ2) is 11.5. The molecule has 0 heterocycles. The predicted molar refractivity (Wildman–Crippen MR) is 71.2 cm³/mol. The number of unbranched alkanes of at least 4 members (excludes halogenated alkanes) is 1. The maximum atomic E-state index is 10.8. The van der Waals surface area contributed by atoms with E-state index < -0.39 is 17.4 Å². The number of aliphatic carboxylic acids is 2. The minimum absolute atomic E-state index is 0. The Bertz CT molecular complexity index is 351. The Labute approximate surface area is 140 Å². The Kier molecular flexibility index (Phi) is 14.4. The van der Waals surface area contributed by atoms with Gasteiger partial charge < -0.3 is 34.1 Å². The standard InChI is InChI=1S/C9H10O4.C4H9.BrH.Mg/c1-9(8(12)13)4-2-3-6(5-9)7(10)11;1-3-4-2;;/h2-4H,5H2,1H3,(H,10,11)(H,12,13);1,3-4H2,2H3;1H;/q;-1;;+2/p-1. The summed E-state index contributed by atoms with van der Waals surface area (Å²) >= 11 is 0. The fourth-order valence-corrected chi connectivity index (χ4v) is 1.18. The number of carboxylic acids is 2. The molecule has 1 atom stereocenters. The fraction of sp³-hybridized carbons (Fsp3) is 0.462. The van der Waals surface area contributed by atoms with Gasteiger partial charge in [-0.05, 0) is 13.3 Å². The van der Waals surface area contributed by atoms with Gasteiger partial charge in [0, 0.05) is 5.57 Å². The molecule has 0 saturated carbocycles. The van der Waals surface area contributed by atoms with E-state index in [1.165, 1.54) is 31.6 Å². The number of hydrogen-bond acceptors (Lipinski definition) is 2. The zero-order valence-corrected chi connectivity index (χ0v) is 14.4. The average molecular weight is 344 g/mol. The predicted octanol–water partition coefficient (Wildman–Crippen LogP) is -0.708. The van der Waals surface area contributed by atoms with Crippen LogP contribution in [0, 0.1) is 12.3 Å². The molecule has 0 spiro atoms. The van der Waals surface area contributed by atoms with Gasteiger partial charge >= 0.3 is 35.0 Å². The van der Waals surface area contributed by atoms with Crippen LogP contribution in [0.15, 0.2) is 23.8 Å². The molecule has 4 nitrogen and oxygen atoms in total. The van der Waals surface area contributed by atoms with Crippen molar-refractivity contribution in [3.63, 3.8) is 0 Å². The summed E-state index contributed by atoms with van der Waals surface area (Å²) in [6.45, 7) is 7.22. The van der Waals surface area contributed by atoms with Crippen molar-refractivity contribution in [2.45, 2.75) is 33.1 Å². The molecule has 0 radical (unpaired) electrons. The Hall–Kier alpha value is -0.334. The van der Waals surface area contributed by atoms with E-state index in [1.54, 1.807) is 0 Å². The van der Waals surface area contributed by atoms with Crippen LogP contribution in [-0.2, 0) is 9.59 Å². The second-order valence-corrected chi connectivity index (χ2v) is 4.11. The summed E-state index contributed by atoms with van der Waals surface area (Å²) in [6, 6.07) is 0. The number of carbonyl (C=O) groups is 2. The first kappa shape index (κ1) is 23.7. The molecule has 0 aromatic rings. The normalized spacial score (nSPS) is 19.8. The molecule has 6 heteroatoms. The van der Waals surface area contributed by atoms with Crippen LogP contribution in [0.3, 0.4) is 0 Å². The number of rotatable bonds is 3. The molecule has 104 valence electrons. The maximum absolute atomic E-state index is 10.8. The van der Waals surface area contributed by atoms with Crippen LogP contribution in [0.25, 0.3) is 0 Å². The van der Waals surface area contributed by atoms with Gasteiger partial charge in [0.25, 0.3) is 0 Å². The summed E-state index contributed by atoms with van der Waals surface area (Å²) in [5.74, 6) is -2.06. The molecule has 0 aromatic carbocycles. The Morgan fingerprint density at radius 3 is 2.21 bits per heavy atom. The van der Waals surface area contributed by atoms with Crippen LogP contribution in [0.2, 0.25) is 0 Å². The average Bonchev–Trinajstić information content (AvgIpc) is 2.29. The fourth-order valence-electron chi connectivity index (χ4n) is 1.18. The molecular weight excluding hydrogens is 324 g/mol. The third kappa shape index (κ3) is 8.44. The summed E-state index contributed by atoms with van der Waals surface area (Å²) < 4.78 is 0. The summed E-state index contributed by atoms with van der Waals surface area (Å²) in [5, 5.41) is 17.5. The molecular formula is C13H19BrMgO4. The Morgan fingerprint density at radius 2 is 1.89 bits per heavy atom. The van der Waals surface area contributed by atoms with Gasteiger partial charge in [-0.2, -0.15) is 6.42 Å². The van der Waals surface area contributed by atoms with Crippen LogP contribution in [-0.4, -0.2) is 45.2 Å². The summed E-state index contributed by atoms with van der Waals surface area (Å²) in [6.07, 6.45) is 6.71. The van der Waals surface area contributed by atoms with E-state index in [-0.39, 0.29) is 52.0 Å². The molecule has 2 N–H and O–H groups in total. The summed E-state index contributed by atoms with van der Waals surface area (Å²) in [7, 11) is 0. The van der Waals surface area contributed by atoms with Gasteiger partial charge in [-0.1, -0.05) is 31.6 Å². The number of hydrogen-bond donors (Lipinski definition) is 2. The second-order valence-electron chi connectivity index (χ2n) is 4.11. The zero-order valence-electron chi connectivity index (χ0n) is 11.4. The molecule has 0 saturated heterocycles. The largest absolute Gasteiger partial charge is 2.00 e. The van der Waals surface area contributed by atoms with Crippen molar-refractivity contribution in [1.82, 2.24) is 0 Å². The van der Waals surface area contributed by atoms with E-state index in [2.05, 4.69) is 13.8 Å². The molecule has 0 bridgehead atoms. The van der Waals surface area contributed by atoms with Gasteiger partial charge in [-0.3, -0.25) is 4.79 Å². The van der Waals surface area contributed by atoms with Crippen LogP contribution in [0.1, 0.15) is 33.1 Å². The van der Waals surface area contributed by atoms with E-state index in [9.17, 15) is 9.59 Å². The number of allylic oxidation sites excluding steroid dienone is 2. The van der Waals surface area contributed by atoms with Crippen molar-refractivity contribution >= 4 is 35.0 Å². The quantitative estimate of drug-likeness (QED) is 0.525. The van der Waals surface area contributed by atoms with Crippen LogP contribution in [0.5, 0.6) is 0 Å². The number of halogens is 1. The van der Waals surface area contributed by atoms with Crippen molar-refractivity contribution in [3.8, 4) is 0 Å². The molecule has 1 aliphatic carbocycles. The first-order chi connectivity index (χ1) is 7.87.